The molecule has 1 aromatic carbocycles. The van der Waals surface area contributed by atoms with Gasteiger partial charge in [0, 0.05) is 44.4 Å². The molecule has 0 saturated carbocycles. The van der Waals surface area contributed by atoms with Gasteiger partial charge in [-0.2, -0.15) is 0 Å². The Labute approximate surface area is 140 Å². The SMILES string of the molecule is Cl.O=C(/C=C/c1ccc([N+](=O)[O-])cc1)NCCN1CCOCC1. The van der Waals surface area contributed by atoms with Crippen LogP contribution >= 0.6 is 12.4 Å². The highest BCUT2D eigenvalue weighted by molar-refractivity contribution is 5.91. The zero-order chi connectivity index (χ0) is 15.8. The number of benzene rings is 1. The highest BCUT2D eigenvalue weighted by Crippen LogP contribution is 2.12. The maximum Gasteiger partial charge on any atom is 0.269 e. The number of halogens is 1. The van der Waals surface area contributed by atoms with E-state index in [0.29, 0.717) is 6.54 Å². The first-order chi connectivity index (χ1) is 10.6. The van der Waals surface area contributed by atoms with Crippen molar-refractivity contribution >= 4 is 30.1 Å². The Balaban J connectivity index is 0.00000264. The van der Waals surface area contributed by atoms with Crippen molar-refractivity contribution in [1.82, 2.24) is 10.2 Å². The van der Waals surface area contributed by atoms with Crippen molar-refractivity contribution in [1.29, 1.82) is 0 Å². The Morgan fingerprint density at radius 1 is 1.30 bits per heavy atom. The van der Waals surface area contributed by atoms with Gasteiger partial charge in [-0.3, -0.25) is 19.8 Å². The molecule has 1 heterocycles. The number of nitro benzene ring substituents is 1. The number of ether oxygens (including phenoxy) is 1. The fourth-order valence-corrected chi connectivity index (χ4v) is 2.10. The van der Waals surface area contributed by atoms with Gasteiger partial charge in [-0.05, 0) is 23.8 Å². The number of nitrogens with zero attached hydrogens (tertiary/aromatic N) is 2. The van der Waals surface area contributed by atoms with E-state index in [1.165, 1.54) is 18.2 Å². The van der Waals surface area contributed by atoms with Crippen molar-refractivity contribution in [3.8, 4) is 0 Å². The lowest BCUT2D eigenvalue weighted by molar-refractivity contribution is -0.384. The van der Waals surface area contributed by atoms with Gasteiger partial charge in [0.15, 0.2) is 0 Å². The standard InChI is InChI=1S/C15H19N3O4.ClH/c19-15(16-7-8-17-9-11-22-12-10-17)6-3-13-1-4-14(5-2-13)18(20)21;/h1-6H,7-12H2,(H,16,19);1H/b6-3+;. The minimum absolute atomic E-state index is 0. The molecule has 0 spiro atoms. The number of morpholine rings is 1. The van der Waals surface area contributed by atoms with E-state index >= 15 is 0 Å². The lowest BCUT2D eigenvalue weighted by Crippen LogP contribution is -2.41. The third kappa shape index (κ3) is 6.77. The number of nitrogens with one attached hydrogen (secondary N) is 1. The molecule has 1 saturated heterocycles. The molecule has 126 valence electrons. The number of hydrogen-bond donors (Lipinski definition) is 1. The van der Waals surface area contributed by atoms with Crippen LogP contribution in [-0.4, -0.2) is 55.1 Å². The van der Waals surface area contributed by atoms with Crippen molar-refractivity contribution in [3.05, 3.63) is 46.0 Å². The van der Waals surface area contributed by atoms with Crippen molar-refractivity contribution < 1.29 is 14.5 Å². The van der Waals surface area contributed by atoms with E-state index in [4.69, 9.17) is 4.74 Å². The zero-order valence-electron chi connectivity index (χ0n) is 12.6. The molecule has 2 rings (SSSR count). The maximum atomic E-state index is 11.7. The second-order valence-corrected chi connectivity index (χ2v) is 4.93. The molecule has 0 bridgehead atoms. The van der Waals surface area contributed by atoms with Crippen LogP contribution in [0.15, 0.2) is 30.3 Å². The van der Waals surface area contributed by atoms with Gasteiger partial charge in [-0.25, -0.2) is 0 Å². The molecule has 0 unspecified atom stereocenters. The molecule has 1 aliphatic heterocycles. The first kappa shape index (κ1) is 19.1. The van der Waals surface area contributed by atoms with Gasteiger partial charge in [0.25, 0.3) is 5.69 Å². The van der Waals surface area contributed by atoms with Gasteiger partial charge in [0.1, 0.15) is 0 Å². The number of non-ortho nitro benzene ring substituents is 1. The van der Waals surface area contributed by atoms with Crippen molar-refractivity contribution in [2.75, 3.05) is 39.4 Å². The molecule has 0 radical (unpaired) electrons. The van der Waals surface area contributed by atoms with E-state index < -0.39 is 4.92 Å². The predicted molar refractivity (Wildman–Crippen MR) is 89.6 cm³/mol. The fraction of sp³-hybridized carbons (Fsp3) is 0.400. The van der Waals surface area contributed by atoms with E-state index in [1.807, 2.05) is 0 Å². The van der Waals surface area contributed by atoms with Crippen LogP contribution in [0.1, 0.15) is 5.56 Å². The molecule has 7 nitrogen and oxygen atoms in total. The number of carbonyl (C=O) groups is 1. The number of nitro groups is 1. The first-order valence-corrected chi connectivity index (χ1v) is 7.15. The summed E-state index contributed by atoms with van der Waals surface area (Å²) < 4.78 is 5.26. The number of amides is 1. The van der Waals surface area contributed by atoms with Crippen molar-refractivity contribution in [2.45, 2.75) is 0 Å². The summed E-state index contributed by atoms with van der Waals surface area (Å²) >= 11 is 0. The predicted octanol–water partition coefficient (Wildman–Crippen LogP) is 1.48. The summed E-state index contributed by atoms with van der Waals surface area (Å²) in [5.41, 5.74) is 0.779. The largest absolute Gasteiger partial charge is 0.379 e. The topological polar surface area (TPSA) is 84.7 Å². The van der Waals surface area contributed by atoms with E-state index in [0.717, 1.165) is 38.4 Å². The smallest absolute Gasteiger partial charge is 0.269 e. The summed E-state index contributed by atoms with van der Waals surface area (Å²) in [6, 6.07) is 6.04. The first-order valence-electron chi connectivity index (χ1n) is 7.15. The Bertz CT molecular complexity index is 542. The van der Waals surface area contributed by atoms with E-state index in [9.17, 15) is 14.9 Å². The van der Waals surface area contributed by atoms with Gasteiger partial charge >= 0.3 is 0 Å². The van der Waals surface area contributed by atoms with Crippen LogP contribution in [0.3, 0.4) is 0 Å². The number of hydrogen-bond acceptors (Lipinski definition) is 5. The molecule has 1 fully saturated rings. The molecular formula is C15H20ClN3O4. The summed E-state index contributed by atoms with van der Waals surface area (Å²) in [4.78, 5) is 24.0. The average molecular weight is 342 g/mol. The minimum atomic E-state index is -0.453. The monoisotopic (exact) mass is 341 g/mol. The summed E-state index contributed by atoms with van der Waals surface area (Å²) in [6.45, 7) is 4.68. The summed E-state index contributed by atoms with van der Waals surface area (Å²) in [6.07, 6.45) is 3.06. The second-order valence-electron chi connectivity index (χ2n) is 4.93. The van der Waals surface area contributed by atoms with Crippen LogP contribution < -0.4 is 5.32 Å². The van der Waals surface area contributed by atoms with Gasteiger partial charge in [0.2, 0.25) is 5.91 Å². The Kier molecular flexibility index (Phi) is 8.25. The number of rotatable bonds is 6. The van der Waals surface area contributed by atoms with Gasteiger partial charge in [-0.1, -0.05) is 0 Å². The van der Waals surface area contributed by atoms with Gasteiger partial charge in [-0.15, -0.1) is 12.4 Å². The highest BCUT2D eigenvalue weighted by atomic mass is 35.5. The quantitative estimate of drug-likeness (QED) is 0.481. The van der Waals surface area contributed by atoms with Crippen LogP contribution in [0, 0.1) is 10.1 Å². The lowest BCUT2D eigenvalue weighted by atomic mass is 10.2. The summed E-state index contributed by atoms with van der Waals surface area (Å²) in [5, 5.41) is 13.4. The average Bonchev–Trinajstić information content (AvgIpc) is 2.54. The van der Waals surface area contributed by atoms with Gasteiger partial charge < -0.3 is 10.1 Å². The van der Waals surface area contributed by atoms with E-state index in [1.54, 1.807) is 18.2 Å². The third-order valence-electron chi connectivity index (χ3n) is 3.36. The van der Waals surface area contributed by atoms with E-state index in [-0.39, 0.29) is 24.0 Å². The second kappa shape index (κ2) is 9.94. The lowest BCUT2D eigenvalue weighted by Gasteiger charge is -2.26. The Hall–Kier alpha value is -1.96. The Morgan fingerprint density at radius 3 is 2.57 bits per heavy atom. The molecule has 1 amide bonds. The minimum Gasteiger partial charge on any atom is -0.379 e. The van der Waals surface area contributed by atoms with E-state index in [2.05, 4.69) is 10.2 Å². The van der Waals surface area contributed by atoms with Crippen LogP contribution in [0.25, 0.3) is 6.08 Å². The molecule has 0 aromatic heterocycles. The molecular weight excluding hydrogens is 322 g/mol. The molecule has 1 aliphatic rings. The highest BCUT2D eigenvalue weighted by Gasteiger charge is 2.09. The molecule has 1 N–H and O–H groups in total. The summed E-state index contributed by atoms with van der Waals surface area (Å²) in [5.74, 6) is -0.174. The van der Waals surface area contributed by atoms with Crippen LogP contribution in [0.4, 0.5) is 5.69 Å². The maximum absolute atomic E-state index is 11.7. The van der Waals surface area contributed by atoms with Crippen LogP contribution in [-0.2, 0) is 9.53 Å². The molecule has 8 heteroatoms. The number of carbonyl (C=O) groups excluding carboxylic acids is 1. The normalized spacial score (nSPS) is 15.1. The zero-order valence-corrected chi connectivity index (χ0v) is 13.5. The van der Waals surface area contributed by atoms with Crippen LogP contribution in [0.2, 0.25) is 0 Å². The Morgan fingerprint density at radius 2 is 1.96 bits per heavy atom. The van der Waals surface area contributed by atoms with Crippen molar-refractivity contribution in [2.24, 2.45) is 0 Å². The van der Waals surface area contributed by atoms with Crippen LogP contribution in [0.5, 0.6) is 0 Å². The summed E-state index contributed by atoms with van der Waals surface area (Å²) in [7, 11) is 0. The fourth-order valence-electron chi connectivity index (χ4n) is 2.10. The van der Waals surface area contributed by atoms with Gasteiger partial charge in [0.05, 0.1) is 18.1 Å². The molecule has 1 aromatic rings. The van der Waals surface area contributed by atoms with Crippen molar-refractivity contribution in [3.63, 3.8) is 0 Å². The molecule has 0 atom stereocenters. The third-order valence-corrected chi connectivity index (χ3v) is 3.36. The molecule has 23 heavy (non-hydrogen) atoms. The molecule has 0 aliphatic carbocycles.